The molecule has 0 spiro atoms. The van der Waals surface area contributed by atoms with E-state index in [1.807, 2.05) is 50.2 Å². The molecule has 2 aromatic carbocycles. The zero-order chi connectivity index (χ0) is 15.9. The van der Waals surface area contributed by atoms with Crippen LogP contribution < -0.4 is 15.4 Å². The normalized spacial score (nSPS) is 10.1. The summed E-state index contributed by atoms with van der Waals surface area (Å²) < 4.78 is 5.28. The number of hydrogen-bond donors (Lipinski definition) is 2. The minimum Gasteiger partial charge on any atom is -0.495 e. The predicted octanol–water partition coefficient (Wildman–Crippen LogP) is 3.04. The van der Waals surface area contributed by atoms with Gasteiger partial charge in [-0.15, -0.1) is 0 Å². The van der Waals surface area contributed by atoms with Crippen molar-refractivity contribution >= 4 is 11.6 Å². The molecule has 0 unspecified atom stereocenters. The second-order valence-electron chi connectivity index (χ2n) is 5.32. The van der Waals surface area contributed by atoms with Crippen LogP contribution in [0.1, 0.15) is 16.7 Å². The van der Waals surface area contributed by atoms with E-state index >= 15 is 0 Å². The number of rotatable bonds is 6. The van der Waals surface area contributed by atoms with Crippen LogP contribution >= 0.6 is 0 Å². The first-order valence-corrected chi connectivity index (χ1v) is 7.29. The van der Waals surface area contributed by atoms with E-state index in [9.17, 15) is 4.79 Å². The molecule has 0 saturated heterocycles. The fourth-order valence-corrected chi connectivity index (χ4v) is 2.22. The Morgan fingerprint density at radius 3 is 2.59 bits per heavy atom. The SMILES string of the molecule is COc1ccc(C)cc1NCC(=O)NCc1cccc(C)c1. The third-order valence-corrected chi connectivity index (χ3v) is 3.37. The molecule has 2 N–H and O–H groups in total. The highest BCUT2D eigenvalue weighted by molar-refractivity contribution is 5.81. The number of amides is 1. The lowest BCUT2D eigenvalue weighted by molar-refractivity contribution is -0.119. The first-order valence-electron chi connectivity index (χ1n) is 7.29. The standard InChI is InChI=1S/C18H22N2O2/c1-13-5-4-6-15(9-13)11-20-18(21)12-19-16-10-14(2)7-8-17(16)22-3/h4-10,19H,11-12H2,1-3H3,(H,20,21). The molecule has 0 saturated carbocycles. The Morgan fingerprint density at radius 2 is 1.86 bits per heavy atom. The molecule has 4 nitrogen and oxygen atoms in total. The second-order valence-corrected chi connectivity index (χ2v) is 5.32. The van der Waals surface area contributed by atoms with Crippen molar-refractivity contribution in [3.8, 4) is 5.75 Å². The van der Waals surface area contributed by atoms with E-state index in [0.717, 1.165) is 22.6 Å². The number of aryl methyl sites for hydroxylation is 2. The molecule has 0 bridgehead atoms. The van der Waals surface area contributed by atoms with E-state index in [1.54, 1.807) is 7.11 Å². The van der Waals surface area contributed by atoms with Crippen molar-refractivity contribution in [2.45, 2.75) is 20.4 Å². The van der Waals surface area contributed by atoms with E-state index in [2.05, 4.69) is 16.7 Å². The van der Waals surface area contributed by atoms with Crippen molar-refractivity contribution in [2.24, 2.45) is 0 Å². The number of ether oxygens (including phenoxy) is 1. The molecule has 0 radical (unpaired) electrons. The summed E-state index contributed by atoms with van der Waals surface area (Å²) in [6.45, 7) is 4.79. The fraction of sp³-hybridized carbons (Fsp3) is 0.278. The number of carbonyl (C=O) groups excluding carboxylic acids is 1. The minimum atomic E-state index is -0.0509. The summed E-state index contributed by atoms with van der Waals surface area (Å²) in [4.78, 5) is 11.9. The Labute approximate surface area is 131 Å². The molecule has 0 heterocycles. The molecule has 1 amide bonds. The summed E-state index contributed by atoms with van der Waals surface area (Å²) in [5.41, 5.74) is 4.23. The third-order valence-electron chi connectivity index (χ3n) is 3.37. The number of nitrogens with one attached hydrogen (secondary N) is 2. The van der Waals surface area contributed by atoms with Crippen LogP contribution in [0.5, 0.6) is 5.75 Å². The lowest BCUT2D eigenvalue weighted by Crippen LogP contribution is -2.29. The number of benzene rings is 2. The summed E-state index contributed by atoms with van der Waals surface area (Å²) >= 11 is 0. The van der Waals surface area contributed by atoms with Gasteiger partial charge in [0.05, 0.1) is 19.3 Å². The highest BCUT2D eigenvalue weighted by Gasteiger charge is 2.06. The van der Waals surface area contributed by atoms with Gasteiger partial charge in [-0.25, -0.2) is 0 Å². The number of methoxy groups -OCH3 is 1. The molecule has 2 aromatic rings. The first-order chi connectivity index (χ1) is 10.6. The van der Waals surface area contributed by atoms with Crippen molar-refractivity contribution in [3.05, 3.63) is 59.2 Å². The van der Waals surface area contributed by atoms with Gasteiger partial charge in [-0.2, -0.15) is 0 Å². The van der Waals surface area contributed by atoms with Gasteiger partial charge < -0.3 is 15.4 Å². The van der Waals surface area contributed by atoms with Crippen LogP contribution in [0.4, 0.5) is 5.69 Å². The Hall–Kier alpha value is -2.49. The molecular weight excluding hydrogens is 276 g/mol. The van der Waals surface area contributed by atoms with Gasteiger partial charge in [0.1, 0.15) is 5.75 Å². The minimum absolute atomic E-state index is 0.0509. The van der Waals surface area contributed by atoms with Crippen LogP contribution in [0.2, 0.25) is 0 Å². The second kappa shape index (κ2) is 7.50. The van der Waals surface area contributed by atoms with Crippen LogP contribution in [0.15, 0.2) is 42.5 Å². The molecule has 0 aliphatic rings. The van der Waals surface area contributed by atoms with Crippen molar-refractivity contribution in [1.82, 2.24) is 5.32 Å². The average molecular weight is 298 g/mol. The predicted molar refractivity (Wildman–Crippen MR) is 89.2 cm³/mol. The van der Waals surface area contributed by atoms with Gasteiger partial charge in [-0.3, -0.25) is 4.79 Å². The highest BCUT2D eigenvalue weighted by Crippen LogP contribution is 2.24. The third kappa shape index (κ3) is 4.52. The fourth-order valence-electron chi connectivity index (χ4n) is 2.22. The van der Waals surface area contributed by atoms with Crippen LogP contribution in [0.3, 0.4) is 0 Å². The summed E-state index contributed by atoms with van der Waals surface area (Å²) in [6.07, 6.45) is 0. The van der Waals surface area contributed by atoms with Crippen molar-refractivity contribution in [3.63, 3.8) is 0 Å². The zero-order valence-corrected chi connectivity index (χ0v) is 13.3. The Morgan fingerprint density at radius 1 is 1.09 bits per heavy atom. The van der Waals surface area contributed by atoms with E-state index in [-0.39, 0.29) is 12.5 Å². The van der Waals surface area contributed by atoms with Gasteiger partial charge in [0.2, 0.25) is 5.91 Å². The molecule has 0 fully saturated rings. The topological polar surface area (TPSA) is 50.4 Å². The van der Waals surface area contributed by atoms with Crippen LogP contribution in [0, 0.1) is 13.8 Å². The lowest BCUT2D eigenvalue weighted by Gasteiger charge is -2.12. The highest BCUT2D eigenvalue weighted by atomic mass is 16.5. The van der Waals surface area contributed by atoms with Gasteiger partial charge >= 0.3 is 0 Å². The Kier molecular flexibility index (Phi) is 5.42. The van der Waals surface area contributed by atoms with Crippen LogP contribution in [-0.2, 0) is 11.3 Å². The number of hydrogen-bond acceptors (Lipinski definition) is 3. The molecule has 2 rings (SSSR count). The lowest BCUT2D eigenvalue weighted by atomic mass is 10.1. The Balaban J connectivity index is 1.86. The zero-order valence-electron chi connectivity index (χ0n) is 13.3. The number of carbonyl (C=O) groups is 1. The maximum atomic E-state index is 11.9. The summed E-state index contributed by atoms with van der Waals surface area (Å²) in [6, 6.07) is 13.9. The van der Waals surface area contributed by atoms with Crippen molar-refractivity contribution in [1.29, 1.82) is 0 Å². The summed E-state index contributed by atoms with van der Waals surface area (Å²) in [5.74, 6) is 0.683. The van der Waals surface area contributed by atoms with E-state index in [4.69, 9.17) is 4.74 Å². The van der Waals surface area contributed by atoms with E-state index in [0.29, 0.717) is 6.54 Å². The van der Waals surface area contributed by atoms with Crippen LogP contribution in [-0.4, -0.2) is 19.6 Å². The summed E-state index contributed by atoms with van der Waals surface area (Å²) in [7, 11) is 1.62. The van der Waals surface area contributed by atoms with Crippen molar-refractivity contribution in [2.75, 3.05) is 19.0 Å². The van der Waals surface area contributed by atoms with Gasteiger partial charge in [-0.1, -0.05) is 35.9 Å². The van der Waals surface area contributed by atoms with Crippen molar-refractivity contribution < 1.29 is 9.53 Å². The first kappa shape index (κ1) is 15.9. The molecular formula is C18H22N2O2. The smallest absolute Gasteiger partial charge is 0.239 e. The molecule has 0 aliphatic heterocycles. The molecule has 4 heteroatoms. The summed E-state index contributed by atoms with van der Waals surface area (Å²) in [5, 5.41) is 6.02. The van der Waals surface area contributed by atoms with Gasteiger partial charge in [0.15, 0.2) is 0 Å². The largest absolute Gasteiger partial charge is 0.495 e. The maximum absolute atomic E-state index is 11.9. The molecule has 0 aromatic heterocycles. The van der Waals surface area contributed by atoms with Gasteiger partial charge in [0, 0.05) is 6.54 Å². The quantitative estimate of drug-likeness (QED) is 0.862. The van der Waals surface area contributed by atoms with Crippen LogP contribution in [0.25, 0.3) is 0 Å². The number of anilines is 1. The van der Waals surface area contributed by atoms with Gasteiger partial charge in [-0.05, 0) is 37.1 Å². The molecule has 22 heavy (non-hydrogen) atoms. The van der Waals surface area contributed by atoms with E-state index in [1.165, 1.54) is 5.56 Å². The van der Waals surface area contributed by atoms with E-state index < -0.39 is 0 Å². The Bertz CT molecular complexity index is 653. The maximum Gasteiger partial charge on any atom is 0.239 e. The molecule has 0 atom stereocenters. The monoisotopic (exact) mass is 298 g/mol. The molecule has 116 valence electrons. The average Bonchev–Trinajstić information content (AvgIpc) is 2.51. The molecule has 0 aliphatic carbocycles. The van der Waals surface area contributed by atoms with Gasteiger partial charge in [0.25, 0.3) is 0 Å².